The van der Waals surface area contributed by atoms with Crippen LogP contribution in [0, 0.1) is 11.8 Å². The molecule has 0 aromatic heterocycles. The molecule has 1 fully saturated rings. The molecule has 0 amide bonds. The topological polar surface area (TPSA) is 49.8 Å². The summed E-state index contributed by atoms with van der Waals surface area (Å²) < 4.78 is 5.35. The lowest BCUT2D eigenvalue weighted by atomic mass is 9.94. The SMILES string of the molecule is CC(CN(C)CCCCC1CCOCC1)C(=O)O. The van der Waals surface area contributed by atoms with Crippen LogP contribution in [0.4, 0.5) is 0 Å². The molecular formula is C14H27NO3. The summed E-state index contributed by atoms with van der Waals surface area (Å²) in [5.41, 5.74) is 0. The number of carboxylic acid groups (broad SMARTS) is 1. The quantitative estimate of drug-likeness (QED) is 0.677. The number of hydrogen-bond acceptors (Lipinski definition) is 3. The molecule has 106 valence electrons. The number of ether oxygens (including phenoxy) is 1. The molecule has 1 aliphatic heterocycles. The third-order valence-electron chi connectivity index (χ3n) is 3.75. The lowest BCUT2D eigenvalue weighted by Gasteiger charge is -2.23. The van der Waals surface area contributed by atoms with E-state index >= 15 is 0 Å². The van der Waals surface area contributed by atoms with E-state index in [9.17, 15) is 4.79 Å². The normalized spacial score (nSPS) is 19.1. The molecule has 4 nitrogen and oxygen atoms in total. The van der Waals surface area contributed by atoms with Gasteiger partial charge >= 0.3 is 5.97 Å². The van der Waals surface area contributed by atoms with E-state index in [1.165, 1.54) is 32.1 Å². The highest BCUT2D eigenvalue weighted by Gasteiger charge is 2.15. The zero-order valence-corrected chi connectivity index (χ0v) is 11.7. The van der Waals surface area contributed by atoms with E-state index in [1.54, 1.807) is 6.92 Å². The molecule has 1 rings (SSSR count). The highest BCUT2D eigenvalue weighted by Crippen LogP contribution is 2.20. The van der Waals surface area contributed by atoms with Gasteiger partial charge in [-0.2, -0.15) is 0 Å². The molecule has 0 aliphatic carbocycles. The zero-order chi connectivity index (χ0) is 13.4. The molecule has 4 heteroatoms. The van der Waals surface area contributed by atoms with Crippen molar-refractivity contribution in [1.82, 2.24) is 4.90 Å². The molecule has 0 aromatic rings. The molecule has 1 aliphatic rings. The van der Waals surface area contributed by atoms with E-state index in [-0.39, 0.29) is 5.92 Å². The number of aliphatic carboxylic acids is 1. The maximum absolute atomic E-state index is 10.7. The van der Waals surface area contributed by atoms with Crippen LogP contribution in [0.15, 0.2) is 0 Å². The second kappa shape index (κ2) is 8.48. The first-order valence-corrected chi connectivity index (χ1v) is 7.08. The van der Waals surface area contributed by atoms with Crippen molar-refractivity contribution in [1.29, 1.82) is 0 Å². The molecule has 1 unspecified atom stereocenters. The fourth-order valence-electron chi connectivity index (χ4n) is 2.49. The van der Waals surface area contributed by atoms with Gasteiger partial charge in [0.1, 0.15) is 0 Å². The van der Waals surface area contributed by atoms with Crippen LogP contribution in [0.25, 0.3) is 0 Å². The first kappa shape index (κ1) is 15.4. The van der Waals surface area contributed by atoms with E-state index in [2.05, 4.69) is 4.90 Å². The zero-order valence-electron chi connectivity index (χ0n) is 11.7. The standard InChI is InChI=1S/C14H27NO3/c1-12(14(16)17)11-15(2)8-4-3-5-13-6-9-18-10-7-13/h12-13H,3-11H2,1-2H3,(H,16,17). The van der Waals surface area contributed by atoms with E-state index in [1.807, 2.05) is 7.05 Å². The van der Waals surface area contributed by atoms with Gasteiger partial charge in [0.05, 0.1) is 5.92 Å². The number of rotatable bonds is 8. The van der Waals surface area contributed by atoms with E-state index in [0.29, 0.717) is 6.54 Å². The van der Waals surface area contributed by atoms with Gasteiger partial charge in [-0.3, -0.25) is 4.79 Å². The predicted octanol–water partition coefficient (Wildman–Crippen LogP) is 2.24. The first-order chi connectivity index (χ1) is 8.59. The second-order valence-corrected chi connectivity index (χ2v) is 5.55. The summed E-state index contributed by atoms with van der Waals surface area (Å²) in [5, 5.41) is 8.83. The molecular weight excluding hydrogens is 230 g/mol. The fraction of sp³-hybridized carbons (Fsp3) is 0.929. The van der Waals surface area contributed by atoms with Gasteiger partial charge in [-0.25, -0.2) is 0 Å². The van der Waals surface area contributed by atoms with Gasteiger partial charge in [0.15, 0.2) is 0 Å². The van der Waals surface area contributed by atoms with Crippen LogP contribution >= 0.6 is 0 Å². The third-order valence-corrected chi connectivity index (χ3v) is 3.75. The Labute approximate surface area is 110 Å². The maximum Gasteiger partial charge on any atom is 0.307 e. The van der Waals surface area contributed by atoms with Crippen LogP contribution in [-0.4, -0.2) is 49.3 Å². The summed E-state index contributed by atoms with van der Waals surface area (Å²) in [7, 11) is 2.01. The van der Waals surface area contributed by atoms with Crippen LogP contribution in [0.2, 0.25) is 0 Å². The highest BCUT2D eigenvalue weighted by molar-refractivity contribution is 5.69. The number of unbranched alkanes of at least 4 members (excludes halogenated alkanes) is 1. The van der Waals surface area contributed by atoms with Crippen LogP contribution in [0.1, 0.15) is 39.0 Å². The van der Waals surface area contributed by atoms with Crippen molar-refractivity contribution >= 4 is 5.97 Å². The van der Waals surface area contributed by atoms with Crippen molar-refractivity contribution in [3.63, 3.8) is 0 Å². The Kier molecular flexibility index (Phi) is 7.28. The maximum atomic E-state index is 10.7. The minimum atomic E-state index is -0.705. The molecule has 1 heterocycles. The van der Waals surface area contributed by atoms with Crippen molar-refractivity contribution in [2.24, 2.45) is 11.8 Å². The molecule has 18 heavy (non-hydrogen) atoms. The van der Waals surface area contributed by atoms with E-state index in [4.69, 9.17) is 9.84 Å². The Balaban J connectivity index is 2.01. The summed E-state index contributed by atoms with van der Waals surface area (Å²) in [5.74, 6) is -0.128. The summed E-state index contributed by atoms with van der Waals surface area (Å²) in [6.07, 6.45) is 6.14. The summed E-state index contributed by atoms with van der Waals surface area (Å²) in [6.45, 7) is 5.27. The smallest absolute Gasteiger partial charge is 0.307 e. The van der Waals surface area contributed by atoms with Crippen molar-refractivity contribution < 1.29 is 14.6 Å². The Hall–Kier alpha value is -0.610. The average Bonchev–Trinajstić information content (AvgIpc) is 2.35. The highest BCUT2D eigenvalue weighted by atomic mass is 16.5. The molecule has 0 bridgehead atoms. The number of nitrogens with zero attached hydrogens (tertiary/aromatic N) is 1. The summed E-state index contributed by atoms with van der Waals surface area (Å²) in [6, 6.07) is 0. The Morgan fingerprint density at radius 3 is 2.67 bits per heavy atom. The summed E-state index contributed by atoms with van der Waals surface area (Å²) >= 11 is 0. The van der Waals surface area contributed by atoms with Crippen LogP contribution in [0.3, 0.4) is 0 Å². The minimum Gasteiger partial charge on any atom is -0.481 e. The van der Waals surface area contributed by atoms with Gasteiger partial charge in [0.2, 0.25) is 0 Å². The summed E-state index contributed by atoms with van der Waals surface area (Å²) in [4.78, 5) is 12.9. The van der Waals surface area contributed by atoms with Gasteiger partial charge < -0.3 is 14.7 Å². The predicted molar refractivity (Wildman–Crippen MR) is 71.7 cm³/mol. The van der Waals surface area contributed by atoms with Gasteiger partial charge in [-0.15, -0.1) is 0 Å². The molecule has 0 spiro atoms. The number of carboxylic acids is 1. The molecule has 0 radical (unpaired) electrons. The lowest BCUT2D eigenvalue weighted by molar-refractivity contribution is -0.141. The van der Waals surface area contributed by atoms with Gasteiger partial charge in [-0.1, -0.05) is 19.8 Å². The average molecular weight is 257 g/mol. The van der Waals surface area contributed by atoms with Crippen LogP contribution in [-0.2, 0) is 9.53 Å². The molecule has 0 saturated carbocycles. The van der Waals surface area contributed by atoms with E-state index < -0.39 is 5.97 Å². The Morgan fingerprint density at radius 1 is 1.39 bits per heavy atom. The molecule has 1 N–H and O–H groups in total. The Morgan fingerprint density at radius 2 is 2.06 bits per heavy atom. The largest absolute Gasteiger partial charge is 0.481 e. The Bertz CT molecular complexity index is 239. The first-order valence-electron chi connectivity index (χ1n) is 7.08. The second-order valence-electron chi connectivity index (χ2n) is 5.55. The van der Waals surface area contributed by atoms with E-state index in [0.717, 1.165) is 25.7 Å². The van der Waals surface area contributed by atoms with Crippen molar-refractivity contribution in [3.8, 4) is 0 Å². The van der Waals surface area contributed by atoms with Gasteiger partial charge in [0, 0.05) is 19.8 Å². The monoisotopic (exact) mass is 257 g/mol. The number of carbonyl (C=O) groups is 1. The lowest BCUT2D eigenvalue weighted by Crippen LogP contribution is -2.29. The van der Waals surface area contributed by atoms with Crippen molar-refractivity contribution in [2.45, 2.75) is 39.0 Å². The molecule has 0 aromatic carbocycles. The van der Waals surface area contributed by atoms with Crippen molar-refractivity contribution in [2.75, 3.05) is 33.4 Å². The van der Waals surface area contributed by atoms with Gasteiger partial charge in [-0.05, 0) is 38.8 Å². The molecule has 1 saturated heterocycles. The fourth-order valence-corrected chi connectivity index (χ4v) is 2.49. The van der Waals surface area contributed by atoms with Crippen LogP contribution < -0.4 is 0 Å². The number of hydrogen-bond donors (Lipinski definition) is 1. The van der Waals surface area contributed by atoms with Gasteiger partial charge in [0.25, 0.3) is 0 Å². The molecule has 1 atom stereocenters. The minimum absolute atomic E-state index is 0.273. The van der Waals surface area contributed by atoms with Crippen molar-refractivity contribution in [3.05, 3.63) is 0 Å². The van der Waals surface area contributed by atoms with Crippen LogP contribution in [0.5, 0.6) is 0 Å². The third kappa shape index (κ3) is 6.36.